The van der Waals surface area contributed by atoms with Crippen molar-refractivity contribution in [1.82, 2.24) is 10.3 Å². The summed E-state index contributed by atoms with van der Waals surface area (Å²) >= 11 is 5.81. The summed E-state index contributed by atoms with van der Waals surface area (Å²) in [6.45, 7) is 0.337. The van der Waals surface area contributed by atoms with Gasteiger partial charge >= 0.3 is 6.03 Å². The van der Waals surface area contributed by atoms with Gasteiger partial charge in [-0.2, -0.15) is 0 Å². The monoisotopic (exact) mass is 327 g/mol. The maximum Gasteiger partial charge on any atom is 0.319 e. The van der Waals surface area contributed by atoms with E-state index in [9.17, 15) is 4.79 Å². The van der Waals surface area contributed by atoms with Crippen LogP contribution in [0.25, 0.3) is 11.5 Å². The zero-order valence-corrected chi connectivity index (χ0v) is 12.9. The summed E-state index contributed by atoms with van der Waals surface area (Å²) in [5, 5.41) is 6.16. The van der Waals surface area contributed by atoms with E-state index in [1.165, 1.54) is 0 Å². The van der Waals surface area contributed by atoms with Gasteiger partial charge in [-0.05, 0) is 42.5 Å². The summed E-state index contributed by atoms with van der Waals surface area (Å²) in [6.07, 6.45) is 3.28. The third-order valence-corrected chi connectivity index (χ3v) is 3.44. The summed E-state index contributed by atoms with van der Waals surface area (Å²) in [5.74, 6) is 0.667. The predicted molar refractivity (Wildman–Crippen MR) is 89.2 cm³/mol. The molecule has 3 rings (SSSR count). The number of rotatable bonds is 4. The molecule has 3 aromatic rings. The van der Waals surface area contributed by atoms with E-state index in [0.29, 0.717) is 28.7 Å². The van der Waals surface area contributed by atoms with Gasteiger partial charge in [-0.1, -0.05) is 17.7 Å². The smallest absolute Gasteiger partial charge is 0.319 e. The molecule has 0 unspecified atom stereocenters. The summed E-state index contributed by atoms with van der Waals surface area (Å²) in [4.78, 5) is 16.3. The van der Waals surface area contributed by atoms with E-state index in [1.54, 1.807) is 42.8 Å². The summed E-state index contributed by atoms with van der Waals surface area (Å²) in [7, 11) is 0. The molecule has 2 N–H and O–H groups in total. The number of nitrogens with zero attached hydrogens (tertiary/aromatic N) is 1. The van der Waals surface area contributed by atoms with Crippen LogP contribution >= 0.6 is 11.6 Å². The van der Waals surface area contributed by atoms with Gasteiger partial charge in [0.25, 0.3) is 0 Å². The Balaban J connectivity index is 1.64. The number of halogens is 1. The van der Waals surface area contributed by atoms with Gasteiger partial charge in [0, 0.05) is 29.0 Å². The fourth-order valence-corrected chi connectivity index (χ4v) is 2.23. The van der Waals surface area contributed by atoms with Gasteiger partial charge < -0.3 is 15.1 Å². The number of amides is 2. The molecule has 0 radical (unpaired) electrons. The first kappa shape index (κ1) is 15.1. The van der Waals surface area contributed by atoms with Crippen LogP contribution in [0, 0.1) is 0 Å². The van der Waals surface area contributed by atoms with Crippen molar-refractivity contribution in [2.45, 2.75) is 6.54 Å². The Hall–Kier alpha value is -2.79. The van der Waals surface area contributed by atoms with E-state index < -0.39 is 0 Å². The Morgan fingerprint density at radius 2 is 1.96 bits per heavy atom. The minimum absolute atomic E-state index is 0.304. The number of anilines is 1. The quantitative estimate of drug-likeness (QED) is 0.750. The molecule has 2 heterocycles. The number of carbonyl (C=O) groups excluding carboxylic acids is 1. The number of hydrogen-bond donors (Lipinski definition) is 2. The minimum atomic E-state index is -0.304. The van der Waals surface area contributed by atoms with Crippen LogP contribution in [0.4, 0.5) is 10.5 Å². The molecule has 6 heteroatoms. The Morgan fingerprint density at radius 1 is 1.13 bits per heavy atom. The maximum atomic E-state index is 12.0. The van der Waals surface area contributed by atoms with Crippen LogP contribution in [0.1, 0.15) is 5.56 Å². The van der Waals surface area contributed by atoms with Crippen LogP contribution in [0.3, 0.4) is 0 Å². The summed E-state index contributed by atoms with van der Waals surface area (Å²) in [5.41, 5.74) is 2.25. The van der Waals surface area contributed by atoms with Crippen LogP contribution in [-0.4, -0.2) is 11.0 Å². The van der Waals surface area contributed by atoms with Gasteiger partial charge in [-0.3, -0.25) is 4.98 Å². The second-order valence-electron chi connectivity index (χ2n) is 4.80. The molecule has 116 valence electrons. The summed E-state index contributed by atoms with van der Waals surface area (Å²) < 4.78 is 5.37. The Kier molecular flexibility index (Phi) is 4.59. The highest BCUT2D eigenvalue weighted by molar-refractivity contribution is 6.30. The average Bonchev–Trinajstić information content (AvgIpc) is 3.10. The summed E-state index contributed by atoms with van der Waals surface area (Å²) in [6, 6.07) is 13.9. The van der Waals surface area contributed by atoms with E-state index >= 15 is 0 Å². The molecule has 0 aliphatic heterocycles. The average molecular weight is 328 g/mol. The lowest BCUT2D eigenvalue weighted by Gasteiger charge is -2.09. The zero-order chi connectivity index (χ0) is 16.1. The number of carbonyl (C=O) groups is 1. The van der Waals surface area contributed by atoms with Crippen molar-refractivity contribution in [3.05, 3.63) is 71.6 Å². The highest BCUT2D eigenvalue weighted by Gasteiger charge is 2.10. The van der Waals surface area contributed by atoms with Gasteiger partial charge in [-0.15, -0.1) is 0 Å². The third kappa shape index (κ3) is 3.90. The lowest BCUT2D eigenvalue weighted by Crippen LogP contribution is -2.28. The molecule has 0 fully saturated rings. The van der Waals surface area contributed by atoms with Crippen LogP contribution in [0.5, 0.6) is 0 Å². The van der Waals surface area contributed by atoms with Crippen LogP contribution in [0.15, 0.2) is 65.4 Å². The molecule has 2 aromatic heterocycles. The highest BCUT2D eigenvalue weighted by Crippen LogP contribution is 2.21. The number of nitrogens with one attached hydrogen (secondary N) is 2. The fraction of sp³-hybridized carbons (Fsp3) is 0.0588. The topological polar surface area (TPSA) is 67.2 Å². The van der Waals surface area contributed by atoms with Crippen molar-refractivity contribution < 1.29 is 9.21 Å². The van der Waals surface area contributed by atoms with Crippen LogP contribution < -0.4 is 10.6 Å². The maximum absolute atomic E-state index is 12.0. The number of urea groups is 1. The molecular formula is C17H14ClN3O2. The lowest BCUT2D eigenvalue weighted by atomic mass is 10.1. The van der Waals surface area contributed by atoms with Gasteiger partial charge in [0.1, 0.15) is 5.69 Å². The minimum Gasteiger partial charge on any atom is -0.463 e. The van der Waals surface area contributed by atoms with Gasteiger partial charge in [0.15, 0.2) is 5.76 Å². The van der Waals surface area contributed by atoms with E-state index in [4.69, 9.17) is 16.0 Å². The largest absolute Gasteiger partial charge is 0.463 e. The van der Waals surface area contributed by atoms with Crippen molar-refractivity contribution in [3.8, 4) is 11.5 Å². The first-order valence-corrected chi connectivity index (χ1v) is 7.38. The van der Waals surface area contributed by atoms with Crippen molar-refractivity contribution >= 4 is 23.3 Å². The Bertz CT molecular complexity index is 786. The predicted octanol–water partition coefficient (Wildman–Crippen LogP) is 4.32. The van der Waals surface area contributed by atoms with Gasteiger partial charge in [-0.25, -0.2) is 4.79 Å². The van der Waals surface area contributed by atoms with Crippen molar-refractivity contribution in [2.24, 2.45) is 0 Å². The SMILES string of the molecule is O=C(NCc1cccnc1-c1ccco1)Nc1ccc(Cl)cc1. The van der Waals surface area contributed by atoms with E-state index in [-0.39, 0.29) is 6.03 Å². The number of aromatic nitrogens is 1. The molecule has 0 atom stereocenters. The molecule has 0 aliphatic carbocycles. The number of hydrogen-bond acceptors (Lipinski definition) is 3. The highest BCUT2D eigenvalue weighted by atomic mass is 35.5. The molecule has 0 bridgehead atoms. The van der Waals surface area contributed by atoms with Gasteiger partial charge in [0.2, 0.25) is 0 Å². The molecular weight excluding hydrogens is 314 g/mol. The second-order valence-corrected chi connectivity index (χ2v) is 5.24. The third-order valence-electron chi connectivity index (χ3n) is 3.19. The van der Waals surface area contributed by atoms with Crippen LogP contribution in [0.2, 0.25) is 5.02 Å². The normalized spacial score (nSPS) is 10.3. The molecule has 0 saturated heterocycles. The van der Waals surface area contributed by atoms with Crippen molar-refractivity contribution in [1.29, 1.82) is 0 Å². The first-order chi connectivity index (χ1) is 11.2. The number of benzene rings is 1. The zero-order valence-electron chi connectivity index (χ0n) is 12.1. The Labute approximate surface area is 138 Å². The Morgan fingerprint density at radius 3 is 2.70 bits per heavy atom. The lowest BCUT2D eigenvalue weighted by molar-refractivity contribution is 0.251. The molecule has 1 aromatic carbocycles. The van der Waals surface area contributed by atoms with Crippen LogP contribution in [-0.2, 0) is 6.54 Å². The van der Waals surface area contributed by atoms with E-state index in [0.717, 1.165) is 5.56 Å². The standard InChI is InChI=1S/C17H14ClN3O2/c18-13-5-7-14(8-6-13)21-17(22)20-11-12-3-1-9-19-16(12)15-4-2-10-23-15/h1-10H,11H2,(H2,20,21,22). The molecule has 23 heavy (non-hydrogen) atoms. The number of pyridine rings is 1. The molecule has 0 spiro atoms. The molecule has 0 aliphatic rings. The molecule has 5 nitrogen and oxygen atoms in total. The fourth-order valence-electron chi connectivity index (χ4n) is 2.10. The van der Waals surface area contributed by atoms with Crippen molar-refractivity contribution in [3.63, 3.8) is 0 Å². The second kappa shape index (κ2) is 6.98. The van der Waals surface area contributed by atoms with E-state index in [2.05, 4.69) is 15.6 Å². The molecule has 2 amide bonds. The van der Waals surface area contributed by atoms with Gasteiger partial charge in [0.05, 0.1) is 6.26 Å². The number of furan rings is 1. The van der Waals surface area contributed by atoms with Crippen molar-refractivity contribution in [2.75, 3.05) is 5.32 Å². The first-order valence-electron chi connectivity index (χ1n) is 7.00. The van der Waals surface area contributed by atoms with E-state index in [1.807, 2.05) is 18.2 Å². The molecule has 0 saturated carbocycles.